The quantitative estimate of drug-likeness (QED) is 0.566. The summed E-state index contributed by atoms with van der Waals surface area (Å²) in [7, 11) is 3.16. The second-order valence-corrected chi connectivity index (χ2v) is 9.85. The number of furan rings is 1. The van der Waals surface area contributed by atoms with Gasteiger partial charge in [-0.25, -0.2) is 0 Å². The standard InChI is InChI=1S/C27H33N3O5/c1-17-13-20-23(35-17)14-21-25(31)30(15-18-9-8-12-22(33-3)24(18)34-4)27(2,16-29(20)21)26(32)28-19-10-6-5-7-11-19/h8-9,12-14,19H,5-7,10-11,15-16H2,1-4H3,(H,28,32)/t27-/m0/s1. The molecule has 0 bridgehead atoms. The minimum Gasteiger partial charge on any atom is -0.493 e. The van der Waals surface area contributed by atoms with Crippen molar-refractivity contribution in [1.29, 1.82) is 0 Å². The van der Waals surface area contributed by atoms with Crippen molar-refractivity contribution < 1.29 is 23.5 Å². The first-order valence-corrected chi connectivity index (χ1v) is 12.3. The smallest absolute Gasteiger partial charge is 0.271 e. The van der Waals surface area contributed by atoms with E-state index in [2.05, 4.69) is 5.32 Å². The number of rotatable bonds is 6. The molecule has 186 valence electrons. The topological polar surface area (TPSA) is 85.9 Å². The first-order valence-electron chi connectivity index (χ1n) is 12.3. The summed E-state index contributed by atoms with van der Waals surface area (Å²) in [5, 5.41) is 3.27. The molecular formula is C27H33N3O5. The zero-order valence-corrected chi connectivity index (χ0v) is 20.8. The number of aromatic nitrogens is 1. The van der Waals surface area contributed by atoms with Crippen LogP contribution in [0.1, 0.15) is 60.8 Å². The average molecular weight is 480 g/mol. The summed E-state index contributed by atoms with van der Waals surface area (Å²) in [5.74, 6) is 1.57. The summed E-state index contributed by atoms with van der Waals surface area (Å²) in [6.07, 6.45) is 5.37. The molecule has 2 aromatic heterocycles. The number of hydrogen-bond acceptors (Lipinski definition) is 5. The normalized spacial score (nSPS) is 20.7. The Morgan fingerprint density at radius 3 is 2.66 bits per heavy atom. The summed E-state index contributed by atoms with van der Waals surface area (Å²) in [4.78, 5) is 29.5. The molecule has 2 aliphatic rings. The van der Waals surface area contributed by atoms with Gasteiger partial charge in [-0.2, -0.15) is 0 Å². The highest BCUT2D eigenvalue weighted by atomic mass is 16.5. The van der Waals surface area contributed by atoms with Gasteiger partial charge in [0.2, 0.25) is 5.91 Å². The van der Waals surface area contributed by atoms with E-state index >= 15 is 0 Å². The van der Waals surface area contributed by atoms with E-state index in [0.717, 1.165) is 42.5 Å². The number of fused-ring (bicyclic) bond motifs is 3. The number of amides is 2. The van der Waals surface area contributed by atoms with Crippen LogP contribution in [0, 0.1) is 6.92 Å². The van der Waals surface area contributed by atoms with Gasteiger partial charge >= 0.3 is 0 Å². The van der Waals surface area contributed by atoms with Gasteiger partial charge in [-0.3, -0.25) is 9.59 Å². The van der Waals surface area contributed by atoms with Gasteiger partial charge in [0.25, 0.3) is 5.91 Å². The molecule has 2 amide bonds. The molecular weight excluding hydrogens is 446 g/mol. The van der Waals surface area contributed by atoms with Gasteiger partial charge in [-0.1, -0.05) is 31.4 Å². The Hall–Kier alpha value is -3.42. The fourth-order valence-corrected chi connectivity index (χ4v) is 5.55. The number of aryl methyl sites for hydroxylation is 1. The predicted octanol–water partition coefficient (Wildman–Crippen LogP) is 4.42. The largest absolute Gasteiger partial charge is 0.493 e. The lowest BCUT2D eigenvalue weighted by Gasteiger charge is -2.45. The number of nitrogens with one attached hydrogen (secondary N) is 1. The maximum absolute atomic E-state index is 14.0. The van der Waals surface area contributed by atoms with Crippen LogP contribution in [0.25, 0.3) is 11.1 Å². The van der Waals surface area contributed by atoms with Crippen molar-refractivity contribution >= 4 is 22.9 Å². The Balaban J connectivity index is 1.57. The molecule has 0 saturated heterocycles. The molecule has 3 heterocycles. The van der Waals surface area contributed by atoms with E-state index in [1.54, 1.807) is 25.2 Å². The number of hydrogen-bond donors (Lipinski definition) is 1. The number of ether oxygens (including phenoxy) is 2. The number of carbonyl (C=O) groups is 2. The van der Waals surface area contributed by atoms with E-state index in [0.29, 0.717) is 29.3 Å². The predicted molar refractivity (Wildman–Crippen MR) is 132 cm³/mol. The van der Waals surface area contributed by atoms with Crippen molar-refractivity contribution in [3.05, 3.63) is 47.3 Å². The lowest BCUT2D eigenvalue weighted by atomic mass is 9.91. The van der Waals surface area contributed by atoms with Crippen molar-refractivity contribution in [2.24, 2.45) is 0 Å². The van der Waals surface area contributed by atoms with Crippen molar-refractivity contribution in [2.75, 3.05) is 14.2 Å². The van der Waals surface area contributed by atoms with Gasteiger partial charge in [-0.15, -0.1) is 0 Å². The highest BCUT2D eigenvalue weighted by molar-refractivity contribution is 6.03. The minimum atomic E-state index is -1.10. The molecule has 0 radical (unpaired) electrons. The van der Waals surface area contributed by atoms with Crippen molar-refractivity contribution in [2.45, 2.75) is 70.6 Å². The number of para-hydroxylation sites is 1. The van der Waals surface area contributed by atoms with Crippen LogP contribution >= 0.6 is 0 Å². The van der Waals surface area contributed by atoms with Crippen molar-refractivity contribution in [1.82, 2.24) is 14.8 Å². The Bertz CT molecular complexity index is 1270. The molecule has 0 spiro atoms. The van der Waals surface area contributed by atoms with Gasteiger partial charge < -0.3 is 28.7 Å². The molecule has 0 unspecified atom stereocenters. The monoisotopic (exact) mass is 479 g/mol. The zero-order valence-electron chi connectivity index (χ0n) is 20.8. The summed E-state index contributed by atoms with van der Waals surface area (Å²) in [6.45, 7) is 4.28. The Morgan fingerprint density at radius 1 is 1.17 bits per heavy atom. The van der Waals surface area contributed by atoms with E-state index in [9.17, 15) is 9.59 Å². The summed E-state index contributed by atoms with van der Waals surface area (Å²) in [5.41, 5.74) is 1.68. The SMILES string of the molecule is COc1cccc(CN2C(=O)c3cc4oc(C)cc4n3C[C@@]2(C)C(=O)NC2CCCCC2)c1OC. The van der Waals surface area contributed by atoms with E-state index in [1.807, 2.05) is 42.7 Å². The fourth-order valence-electron chi connectivity index (χ4n) is 5.55. The fraction of sp³-hybridized carbons (Fsp3) is 0.481. The van der Waals surface area contributed by atoms with Crippen LogP contribution in [0.3, 0.4) is 0 Å². The third kappa shape index (κ3) is 3.94. The molecule has 1 aliphatic heterocycles. The minimum absolute atomic E-state index is 0.132. The zero-order chi connectivity index (χ0) is 24.7. The van der Waals surface area contributed by atoms with Gasteiger partial charge in [0, 0.05) is 23.7 Å². The lowest BCUT2D eigenvalue weighted by Crippen LogP contribution is -2.64. The first-order chi connectivity index (χ1) is 16.9. The van der Waals surface area contributed by atoms with E-state index < -0.39 is 5.54 Å². The second kappa shape index (κ2) is 8.98. The van der Waals surface area contributed by atoms with Crippen LogP contribution in [-0.2, 0) is 17.9 Å². The van der Waals surface area contributed by atoms with Crippen LogP contribution in [0.4, 0.5) is 0 Å². The molecule has 1 atom stereocenters. The average Bonchev–Trinajstić information content (AvgIpc) is 3.38. The van der Waals surface area contributed by atoms with Gasteiger partial charge in [0.05, 0.1) is 32.8 Å². The van der Waals surface area contributed by atoms with Gasteiger partial charge in [-0.05, 0) is 32.8 Å². The van der Waals surface area contributed by atoms with E-state index in [1.165, 1.54) is 6.42 Å². The maximum atomic E-state index is 14.0. The van der Waals surface area contributed by atoms with Gasteiger partial charge in [0.15, 0.2) is 17.1 Å². The Morgan fingerprint density at radius 2 is 1.94 bits per heavy atom. The first kappa shape index (κ1) is 23.3. The van der Waals surface area contributed by atoms with E-state index in [-0.39, 0.29) is 24.4 Å². The highest BCUT2D eigenvalue weighted by Gasteiger charge is 2.48. The lowest BCUT2D eigenvalue weighted by molar-refractivity contribution is -0.134. The van der Waals surface area contributed by atoms with Gasteiger partial charge in [0.1, 0.15) is 17.0 Å². The third-order valence-electron chi connectivity index (χ3n) is 7.48. The molecule has 1 fully saturated rings. The molecule has 1 saturated carbocycles. The summed E-state index contributed by atoms with van der Waals surface area (Å²) < 4.78 is 18.8. The molecule has 1 N–H and O–H groups in total. The van der Waals surface area contributed by atoms with Crippen molar-refractivity contribution in [3.63, 3.8) is 0 Å². The molecule has 3 aromatic rings. The van der Waals surface area contributed by atoms with E-state index in [4.69, 9.17) is 13.9 Å². The number of nitrogens with zero attached hydrogens (tertiary/aromatic N) is 2. The van der Waals surface area contributed by atoms with Crippen LogP contribution in [-0.4, -0.2) is 47.1 Å². The number of methoxy groups -OCH3 is 2. The van der Waals surface area contributed by atoms with Crippen LogP contribution in [0.2, 0.25) is 0 Å². The third-order valence-corrected chi connectivity index (χ3v) is 7.48. The summed E-state index contributed by atoms with van der Waals surface area (Å²) >= 11 is 0. The van der Waals surface area contributed by atoms with Crippen LogP contribution in [0.5, 0.6) is 11.5 Å². The molecule has 8 nitrogen and oxygen atoms in total. The number of carbonyl (C=O) groups excluding carboxylic acids is 2. The highest BCUT2D eigenvalue weighted by Crippen LogP contribution is 2.38. The van der Waals surface area contributed by atoms with Crippen LogP contribution in [0.15, 0.2) is 34.7 Å². The molecule has 1 aliphatic carbocycles. The number of benzene rings is 1. The molecule has 1 aromatic carbocycles. The summed E-state index contributed by atoms with van der Waals surface area (Å²) in [6, 6.07) is 9.42. The molecule has 8 heteroatoms. The van der Waals surface area contributed by atoms with Crippen LogP contribution < -0.4 is 14.8 Å². The van der Waals surface area contributed by atoms with Crippen molar-refractivity contribution in [3.8, 4) is 11.5 Å². The molecule has 5 rings (SSSR count). The second-order valence-electron chi connectivity index (χ2n) is 9.85. The Kier molecular flexibility index (Phi) is 5.99. The molecule has 35 heavy (non-hydrogen) atoms. The Labute approximate surface area is 205 Å². The maximum Gasteiger partial charge on any atom is 0.271 e.